The van der Waals surface area contributed by atoms with Crippen LogP contribution in [-0.2, 0) is 0 Å². The van der Waals surface area contributed by atoms with Crippen molar-refractivity contribution in [2.75, 3.05) is 31.1 Å². The number of nitrogens with zero attached hydrogens (tertiary/aromatic N) is 3. The third-order valence-electron chi connectivity index (χ3n) is 4.57. The lowest BCUT2D eigenvalue weighted by Gasteiger charge is -2.30. The van der Waals surface area contributed by atoms with Gasteiger partial charge < -0.3 is 9.80 Å². The summed E-state index contributed by atoms with van der Waals surface area (Å²) in [6.07, 6.45) is 10.3. The molecule has 1 amide bonds. The van der Waals surface area contributed by atoms with E-state index in [2.05, 4.69) is 9.88 Å². The monoisotopic (exact) mass is 287 g/mol. The number of pyridine rings is 1. The first kappa shape index (κ1) is 14.4. The van der Waals surface area contributed by atoms with Crippen LogP contribution in [0.1, 0.15) is 55.3 Å². The van der Waals surface area contributed by atoms with Crippen LogP contribution in [0.2, 0.25) is 0 Å². The number of anilines is 1. The van der Waals surface area contributed by atoms with Gasteiger partial charge in [0.05, 0.1) is 5.56 Å². The second-order valence-corrected chi connectivity index (χ2v) is 6.13. The van der Waals surface area contributed by atoms with Crippen molar-refractivity contribution in [3.8, 4) is 0 Å². The summed E-state index contributed by atoms with van der Waals surface area (Å²) in [7, 11) is 0. The smallest absolute Gasteiger partial charge is 0.257 e. The summed E-state index contributed by atoms with van der Waals surface area (Å²) in [5.41, 5.74) is 0.793. The van der Waals surface area contributed by atoms with Gasteiger partial charge in [-0.3, -0.25) is 4.79 Å². The van der Waals surface area contributed by atoms with Gasteiger partial charge in [-0.15, -0.1) is 0 Å². The van der Waals surface area contributed by atoms with E-state index in [0.717, 1.165) is 50.4 Å². The van der Waals surface area contributed by atoms with E-state index >= 15 is 0 Å². The maximum Gasteiger partial charge on any atom is 0.257 e. The number of carbonyl (C=O) groups is 1. The van der Waals surface area contributed by atoms with Crippen LogP contribution in [0.25, 0.3) is 0 Å². The van der Waals surface area contributed by atoms with Gasteiger partial charge in [-0.25, -0.2) is 4.98 Å². The Labute approximate surface area is 127 Å². The minimum absolute atomic E-state index is 0.172. The summed E-state index contributed by atoms with van der Waals surface area (Å²) in [4.78, 5) is 21.7. The number of amides is 1. The van der Waals surface area contributed by atoms with Gasteiger partial charge in [0.1, 0.15) is 5.82 Å². The third kappa shape index (κ3) is 3.36. The zero-order chi connectivity index (χ0) is 14.5. The maximum absolute atomic E-state index is 12.9. The van der Waals surface area contributed by atoms with Crippen molar-refractivity contribution in [3.63, 3.8) is 0 Å². The quantitative estimate of drug-likeness (QED) is 0.838. The molecule has 0 bridgehead atoms. The number of hydrogen-bond donors (Lipinski definition) is 0. The Bertz CT molecular complexity index is 475. The molecule has 4 heteroatoms. The SMILES string of the molecule is O=C(c1cccnc1N1CCCCC1)N1CCCCCC1. The topological polar surface area (TPSA) is 36.4 Å². The average Bonchev–Trinajstić information content (AvgIpc) is 2.84. The molecule has 21 heavy (non-hydrogen) atoms. The second kappa shape index (κ2) is 6.92. The third-order valence-corrected chi connectivity index (χ3v) is 4.57. The average molecular weight is 287 g/mol. The van der Waals surface area contributed by atoms with E-state index in [-0.39, 0.29) is 5.91 Å². The number of aromatic nitrogens is 1. The van der Waals surface area contributed by atoms with Crippen LogP contribution in [0.4, 0.5) is 5.82 Å². The second-order valence-electron chi connectivity index (χ2n) is 6.13. The lowest BCUT2D eigenvalue weighted by Crippen LogP contribution is -2.36. The molecule has 1 aromatic heterocycles. The molecule has 0 saturated carbocycles. The molecule has 0 spiro atoms. The van der Waals surface area contributed by atoms with Crippen LogP contribution >= 0.6 is 0 Å². The van der Waals surface area contributed by atoms with Crippen molar-refractivity contribution in [1.29, 1.82) is 0 Å². The van der Waals surface area contributed by atoms with Crippen molar-refractivity contribution in [3.05, 3.63) is 23.9 Å². The van der Waals surface area contributed by atoms with Crippen molar-refractivity contribution >= 4 is 11.7 Å². The van der Waals surface area contributed by atoms with Gasteiger partial charge in [0.25, 0.3) is 5.91 Å². The molecule has 3 heterocycles. The van der Waals surface area contributed by atoms with Crippen LogP contribution in [-0.4, -0.2) is 42.0 Å². The Morgan fingerprint density at radius 3 is 2.24 bits per heavy atom. The first-order valence-electron chi connectivity index (χ1n) is 8.35. The zero-order valence-electron chi connectivity index (χ0n) is 12.8. The molecular weight excluding hydrogens is 262 g/mol. The van der Waals surface area contributed by atoms with Gasteiger partial charge in [-0.05, 0) is 44.2 Å². The van der Waals surface area contributed by atoms with Crippen molar-refractivity contribution in [2.24, 2.45) is 0 Å². The first-order chi connectivity index (χ1) is 10.4. The highest BCUT2D eigenvalue weighted by Gasteiger charge is 2.23. The van der Waals surface area contributed by atoms with Crippen molar-refractivity contribution in [1.82, 2.24) is 9.88 Å². The molecule has 1 aromatic rings. The summed E-state index contributed by atoms with van der Waals surface area (Å²) in [6.45, 7) is 3.84. The molecule has 0 aliphatic carbocycles. The van der Waals surface area contributed by atoms with Gasteiger partial charge in [0.15, 0.2) is 0 Å². The fraction of sp³-hybridized carbons (Fsp3) is 0.647. The Morgan fingerprint density at radius 1 is 0.905 bits per heavy atom. The van der Waals surface area contributed by atoms with Crippen molar-refractivity contribution < 1.29 is 4.79 Å². The molecule has 2 aliphatic heterocycles. The standard InChI is InChI=1S/C17H25N3O/c21-17(20-13-4-1-2-5-14-20)15-9-8-10-18-16(15)19-11-6-3-7-12-19/h8-10H,1-7,11-14H2. The van der Waals surface area contributed by atoms with E-state index in [1.165, 1.54) is 32.1 Å². The predicted molar refractivity (Wildman–Crippen MR) is 84.7 cm³/mol. The van der Waals surface area contributed by atoms with Crippen LogP contribution in [0.5, 0.6) is 0 Å². The number of hydrogen-bond acceptors (Lipinski definition) is 3. The van der Waals surface area contributed by atoms with E-state index < -0.39 is 0 Å². The van der Waals surface area contributed by atoms with Crippen LogP contribution in [0.15, 0.2) is 18.3 Å². The summed E-state index contributed by atoms with van der Waals surface area (Å²) in [5.74, 6) is 1.07. The Kier molecular flexibility index (Phi) is 4.73. The number of carbonyl (C=O) groups excluding carboxylic acids is 1. The normalized spacial score (nSPS) is 20.2. The maximum atomic E-state index is 12.9. The summed E-state index contributed by atoms with van der Waals surface area (Å²) < 4.78 is 0. The molecular formula is C17H25N3O. The highest BCUT2D eigenvalue weighted by molar-refractivity contribution is 5.99. The van der Waals surface area contributed by atoms with E-state index in [0.29, 0.717) is 0 Å². The lowest BCUT2D eigenvalue weighted by molar-refractivity contribution is 0.0762. The summed E-state index contributed by atoms with van der Waals surface area (Å²) >= 11 is 0. The van der Waals surface area contributed by atoms with E-state index in [4.69, 9.17) is 0 Å². The molecule has 0 radical (unpaired) electrons. The van der Waals surface area contributed by atoms with E-state index in [9.17, 15) is 4.79 Å². The molecule has 2 saturated heterocycles. The summed E-state index contributed by atoms with van der Waals surface area (Å²) in [6, 6.07) is 3.84. The zero-order valence-corrected chi connectivity index (χ0v) is 12.8. The Hall–Kier alpha value is -1.58. The Balaban J connectivity index is 1.81. The molecule has 114 valence electrons. The highest BCUT2D eigenvalue weighted by Crippen LogP contribution is 2.23. The lowest BCUT2D eigenvalue weighted by atomic mass is 10.1. The van der Waals surface area contributed by atoms with Gasteiger partial charge in [0.2, 0.25) is 0 Å². The molecule has 0 aromatic carbocycles. The van der Waals surface area contributed by atoms with Crippen LogP contribution in [0, 0.1) is 0 Å². The molecule has 0 N–H and O–H groups in total. The molecule has 4 nitrogen and oxygen atoms in total. The van der Waals surface area contributed by atoms with E-state index in [1.54, 1.807) is 0 Å². The molecule has 3 rings (SSSR count). The fourth-order valence-corrected chi connectivity index (χ4v) is 3.37. The largest absolute Gasteiger partial charge is 0.356 e. The summed E-state index contributed by atoms with van der Waals surface area (Å²) in [5, 5.41) is 0. The number of rotatable bonds is 2. The minimum atomic E-state index is 0.172. The van der Waals surface area contributed by atoms with Gasteiger partial charge in [-0.1, -0.05) is 12.8 Å². The van der Waals surface area contributed by atoms with Crippen LogP contribution < -0.4 is 4.90 Å². The molecule has 0 unspecified atom stereocenters. The predicted octanol–water partition coefficient (Wildman–Crippen LogP) is 3.09. The van der Waals surface area contributed by atoms with Crippen molar-refractivity contribution in [2.45, 2.75) is 44.9 Å². The molecule has 0 atom stereocenters. The van der Waals surface area contributed by atoms with Gasteiger partial charge in [-0.2, -0.15) is 0 Å². The molecule has 2 aliphatic rings. The molecule has 2 fully saturated rings. The number of likely N-dealkylation sites (tertiary alicyclic amines) is 1. The minimum Gasteiger partial charge on any atom is -0.356 e. The van der Waals surface area contributed by atoms with Crippen LogP contribution in [0.3, 0.4) is 0 Å². The van der Waals surface area contributed by atoms with Gasteiger partial charge >= 0.3 is 0 Å². The number of piperidine rings is 1. The highest BCUT2D eigenvalue weighted by atomic mass is 16.2. The fourth-order valence-electron chi connectivity index (χ4n) is 3.37. The van der Waals surface area contributed by atoms with Gasteiger partial charge in [0, 0.05) is 32.4 Å². The van der Waals surface area contributed by atoms with E-state index in [1.807, 2.05) is 23.2 Å². The Morgan fingerprint density at radius 2 is 1.52 bits per heavy atom. The first-order valence-corrected chi connectivity index (χ1v) is 8.35.